The standard InChI is InChI=1S/C21H31BrN2O3/c1-26-19-9-13-23(14-10-19)18-7-11-24(12-8-18)21(25)6-3-16-15-17(22)4-5-20(16)27-2/h4-5,15,18-19H,3,6-14H2,1-2H3. The Labute approximate surface area is 171 Å². The number of piperidine rings is 2. The van der Waals surface area contributed by atoms with Crippen molar-refractivity contribution in [3.8, 4) is 5.75 Å². The number of methoxy groups -OCH3 is 2. The summed E-state index contributed by atoms with van der Waals surface area (Å²) in [5.41, 5.74) is 1.08. The van der Waals surface area contributed by atoms with Crippen LogP contribution in [0.4, 0.5) is 0 Å². The molecule has 0 aromatic heterocycles. The van der Waals surface area contributed by atoms with E-state index in [4.69, 9.17) is 9.47 Å². The zero-order chi connectivity index (χ0) is 19.2. The largest absolute Gasteiger partial charge is 0.496 e. The predicted molar refractivity (Wildman–Crippen MR) is 110 cm³/mol. The first-order valence-electron chi connectivity index (χ1n) is 9.97. The maximum absolute atomic E-state index is 12.7. The number of amides is 1. The van der Waals surface area contributed by atoms with Crippen molar-refractivity contribution in [3.63, 3.8) is 0 Å². The van der Waals surface area contributed by atoms with Crippen LogP contribution in [0.2, 0.25) is 0 Å². The van der Waals surface area contributed by atoms with Gasteiger partial charge in [0.1, 0.15) is 5.75 Å². The van der Waals surface area contributed by atoms with Gasteiger partial charge in [-0.05, 0) is 55.9 Å². The molecule has 0 aliphatic carbocycles. The summed E-state index contributed by atoms with van der Waals surface area (Å²) in [6, 6.07) is 6.58. The summed E-state index contributed by atoms with van der Waals surface area (Å²) in [6.07, 6.45) is 6.11. The van der Waals surface area contributed by atoms with Crippen LogP contribution in [0.3, 0.4) is 0 Å². The Morgan fingerprint density at radius 2 is 1.81 bits per heavy atom. The number of hydrogen-bond donors (Lipinski definition) is 0. The van der Waals surface area contributed by atoms with Crippen LogP contribution in [-0.2, 0) is 16.0 Å². The number of hydrogen-bond acceptors (Lipinski definition) is 4. The van der Waals surface area contributed by atoms with Crippen LogP contribution in [0.15, 0.2) is 22.7 Å². The molecule has 1 aromatic rings. The van der Waals surface area contributed by atoms with E-state index in [-0.39, 0.29) is 5.91 Å². The molecule has 3 rings (SSSR count). The molecule has 5 nitrogen and oxygen atoms in total. The summed E-state index contributed by atoms with van der Waals surface area (Å²) in [4.78, 5) is 17.3. The molecule has 2 aliphatic rings. The number of carbonyl (C=O) groups excluding carboxylic acids is 1. The number of carbonyl (C=O) groups is 1. The maximum Gasteiger partial charge on any atom is 0.222 e. The highest BCUT2D eigenvalue weighted by Gasteiger charge is 2.29. The fourth-order valence-electron chi connectivity index (χ4n) is 4.30. The van der Waals surface area contributed by atoms with E-state index in [1.54, 1.807) is 7.11 Å². The molecule has 0 radical (unpaired) electrons. The lowest BCUT2D eigenvalue weighted by molar-refractivity contribution is -0.132. The van der Waals surface area contributed by atoms with Crippen LogP contribution in [0.25, 0.3) is 0 Å². The van der Waals surface area contributed by atoms with Crippen molar-refractivity contribution < 1.29 is 14.3 Å². The minimum absolute atomic E-state index is 0.258. The van der Waals surface area contributed by atoms with Gasteiger partial charge in [-0.2, -0.15) is 0 Å². The van der Waals surface area contributed by atoms with Gasteiger partial charge in [-0.1, -0.05) is 15.9 Å². The van der Waals surface area contributed by atoms with Gasteiger partial charge in [-0.15, -0.1) is 0 Å². The Morgan fingerprint density at radius 3 is 2.44 bits per heavy atom. The smallest absolute Gasteiger partial charge is 0.222 e. The van der Waals surface area contributed by atoms with Gasteiger partial charge in [-0.25, -0.2) is 0 Å². The van der Waals surface area contributed by atoms with Crippen molar-refractivity contribution in [3.05, 3.63) is 28.2 Å². The zero-order valence-electron chi connectivity index (χ0n) is 16.5. The van der Waals surface area contributed by atoms with E-state index in [9.17, 15) is 4.79 Å². The summed E-state index contributed by atoms with van der Waals surface area (Å²) in [5, 5.41) is 0. The molecule has 1 amide bonds. The van der Waals surface area contributed by atoms with E-state index in [0.29, 0.717) is 25.0 Å². The van der Waals surface area contributed by atoms with E-state index in [1.807, 2.05) is 30.2 Å². The number of aryl methyl sites for hydroxylation is 1. The fraction of sp³-hybridized carbons (Fsp3) is 0.667. The summed E-state index contributed by atoms with van der Waals surface area (Å²) in [7, 11) is 3.49. The van der Waals surface area contributed by atoms with Crippen molar-refractivity contribution >= 4 is 21.8 Å². The average Bonchev–Trinajstić information content (AvgIpc) is 2.72. The van der Waals surface area contributed by atoms with Crippen molar-refractivity contribution in [2.24, 2.45) is 0 Å². The van der Waals surface area contributed by atoms with Crippen LogP contribution >= 0.6 is 15.9 Å². The molecule has 2 saturated heterocycles. The molecule has 1 aromatic carbocycles. The third-order valence-electron chi connectivity index (χ3n) is 5.99. The van der Waals surface area contributed by atoms with Crippen molar-refractivity contribution in [2.75, 3.05) is 40.4 Å². The Morgan fingerprint density at radius 1 is 1.11 bits per heavy atom. The van der Waals surface area contributed by atoms with Crippen molar-refractivity contribution in [2.45, 2.75) is 50.7 Å². The molecule has 0 N–H and O–H groups in total. The Bertz CT molecular complexity index is 624. The lowest BCUT2D eigenvalue weighted by Gasteiger charge is -2.41. The number of nitrogens with zero attached hydrogens (tertiary/aromatic N) is 2. The van der Waals surface area contributed by atoms with Gasteiger partial charge < -0.3 is 19.3 Å². The highest BCUT2D eigenvalue weighted by atomic mass is 79.9. The molecule has 0 unspecified atom stereocenters. The quantitative estimate of drug-likeness (QED) is 0.681. The predicted octanol–water partition coefficient (Wildman–Crippen LogP) is 3.49. The monoisotopic (exact) mass is 438 g/mol. The first-order valence-corrected chi connectivity index (χ1v) is 10.8. The van der Waals surface area contributed by atoms with Gasteiger partial charge in [0.05, 0.1) is 13.2 Å². The summed E-state index contributed by atoms with van der Waals surface area (Å²) >= 11 is 3.50. The van der Waals surface area contributed by atoms with Gasteiger partial charge >= 0.3 is 0 Å². The van der Waals surface area contributed by atoms with Gasteiger partial charge in [0, 0.05) is 50.2 Å². The van der Waals surface area contributed by atoms with Crippen molar-refractivity contribution in [1.82, 2.24) is 9.80 Å². The zero-order valence-corrected chi connectivity index (χ0v) is 18.0. The normalized spacial score (nSPS) is 20.0. The van der Waals surface area contributed by atoms with Gasteiger partial charge in [-0.3, -0.25) is 4.79 Å². The van der Waals surface area contributed by atoms with E-state index in [1.165, 1.54) is 0 Å². The van der Waals surface area contributed by atoms with Crippen LogP contribution in [-0.4, -0.2) is 68.3 Å². The molecule has 150 valence electrons. The minimum Gasteiger partial charge on any atom is -0.496 e. The molecule has 2 aliphatic heterocycles. The van der Waals surface area contributed by atoms with E-state index >= 15 is 0 Å². The highest BCUT2D eigenvalue weighted by Crippen LogP contribution is 2.25. The maximum atomic E-state index is 12.7. The lowest BCUT2D eigenvalue weighted by Crippen LogP contribution is -2.49. The second-order valence-corrected chi connectivity index (χ2v) is 8.45. The molecular weight excluding hydrogens is 408 g/mol. The van der Waals surface area contributed by atoms with E-state index in [0.717, 1.165) is 67.6 Å². The highest BCUT2D eigenvalue weighted by molar-refractivity contribution is 9.10. The van der Waals surface area contributed by atoms with Gasteiger partial charge in [0.15, 0.2) is 0 Å². The average molecular weight is 439 g/mol. The van der Waals surface area contributed by atoms with Crippen LogP contribution in [0.5, 0.6) is 5.75 Å². The Kier molecular flexibility index (Phi) is 7.56. The van der Waals surface area contributed by atoms with E-state index < -0.39 is 0 Å². The molecule has 0 atom stereocenters. The minimum atomic E-state index is 0.258. The third kappa shape index (κ3) is 5.46. The van der Waals surface area contributed by atoms with Crippen LogP contribution in [0, 0.1) is 0 Å². The van der Waals surface area contributed by atoms with Gasteiger partial charge in [0.25, 0.3) is 0 Å². The summed E-state index contributed by atoms with van der Waals surface area (Å²) < 4.78 is 11.9. The first kappa shape index (κ1) is 20.6. The number of halogens is 1. The molecule has 6 heteroatoms. The lowest BCUT2D eigenvalue weighted by atomic mass is 9.98. The number of benzene rings is 1. The first-order chi connectivity index (χ1) is 13.1. The Balaban J connectivity index is 1.44. The SMILES string of the molecule is COc1ccc(Br)cc1CCC(=O)N1CCC(N2CCC(OC)CC2)CC1. The summed E-state index contributed by atoms with van der Waals surface area (Å²) in [6.45, 7) is 4.01. The molecule has 0 spiro atoms. The topological polar surface area (TPSA) is 42.0 Å². The number of rotatable bonds is 6. The molecular formula is C21H31BrN2O3. The fourth-order valence-corrected chi connectivity index (χ4v) is 4.71. The molecule has 2 heterocycles. The molecule has 2 fully saturated rings. The molecule has 0 saturated carbocycles. The number of ether oxygens (including phenoxy) is 2. The molecule has 0 bridgehead atoms. The molecule has 27 heavy (non-hydrogen) atoms. The second-order valence-electron chi connectivity index (χ2n) is 7.54. The number of likely N-dealkylation sites (tertiary alicyclic amines) is 2. The Hall–Kier alpha value is -1.11. The second kappa shape index (κ2) is 9.89. The van der Waals surface area contributed by atoms with Gasteiger partial charge in [0.2, 0.25) is 5.91 Å². The van der Waals surface area contributed by atoms with Crippen molar-refractivity contribution in [1.29, 1.82) is 0 Å². The third-order valence-corrected chi connectivity index (χ3v) is 6.49. The van der Waals surface area contributed by atoms with Crippen LogP contribution in [0.1, 0.15) is 37.7 Å². The van der Waals surface area contributed by atoms with E-state index in [2.05, 4.69) is 20.8 Å². The van der Waals surface area contributed by atoms with Crippen LogP contribution < -0.4 is 4.74 Å². The summed E-state index contributed by atoms with van der Waals surface area (Å²) in [5.74, 6) is 1.11.